The number of carbonyl (C=O) groups excluding carboxylic acids is 2. The summed E-state index contributed by atoms with van der Waals surface area (Å²) in [4.78, 5) is 26.2. The maximum atomic E-state index is 13.7. The lowest BCUT2D eigenvalue weighted by Crippen LogP contribution is -2.42. The molecule has 2 aromatic rings. The Morgan fingerprint density at radius 3 is 2.75 bits per heavy atom. The van der Waals surface area contributed by atoms with Gasteiger partial charge in [0.2, 0.25) is 0 Å². The van der Waals surface area contributed by atoms with Gasteiger partial charge in [0.15, 0.2) is 22.9 Å². The van der Waals surface area contributed by atoms with Crippen LogP contribution in [0.5, 0.6) is 5.75 Å². The van der Waals surface area contributed by atoms with Gasteiger partial charge in [-0.25, -0.2) is 0 Å². The van der Waals surface area contributed by atoms with E-state index in [2.05, 4.69) is 24.0 Å². The first-order chi connectivity index (χ1) is 17.4. The van der Waals surface area contributed by atoms with Crippen LogP contribution >= 0.6 is 11.6 Å². The summed E-state index contributed by atoms with van der Waals surface area (Å²) in [6, 6.07) is 11.7. The summed E-state index contributed by atoms with van der Waals surface area (Å²) in [5.41, 5.74) is 3.06. The lowest BCUT2D eigenvalue weighted by atomic mass is 9.61. The summed E-state index contributed by atoms with van der Waals surface area (Å²) in [6.45, 7) is 5.24. The number of Topliss-reactive ketones (excluding diaryl/α,β-unsaturated/α-hetero) is 2. The van der Waals surface area contributed by atoms with Crippen molar-refractivity contribution in [1.82, 2.24) is 5.32 Å². The van der Waals surface area contributed by atoms with Crippen molar-refractivity contribution in [2.24, 2.45) is 11.8 Å². The SMILES string of the molecule is C=C1C(=CO)C(=O)C[C@@H]2CC3Cc4c(Cl)c(CNCCc5ccccc5)cc(O)c4C(=O)C3=C3O[C@]132. The summed E-state index contributed by atoms with van der Waals surface area (Å²) in [7, 11) is 0. The van der Waals surface area contributed by atoms with Crippen LogP contribution in [0.2, 0.25) is 5.02 Å². The van der Waals surface area contributed by atoms with Crippen LogP contribution in [0.15, 0.2) is 71.7 Å². The van der Waals surface area contributed by atoms with Gasteiger partial charge in [-0.1, -0.05) is 48.5 Å². The van der Waals surface area contributed by atoms with Crippen molar-refractivity contribution in [3.05, 3.63) is 99.0 Å². The number of ketones is 2. The van der Waals surface area contributed by atoms with Gasteiger partial charge < -0.3 is 20.3 Å². The van der Waals surface area contributed by atoms with E-state index in [9.17, 15) is 19.8 Å². The van der Waals surface area contributed by atoms with Crippen LogP contribution in [0.1, 0.15) is 39.9 Å². The molecule has 6 nitrogen and oxygen atoms in total. The number of benzene rings is 2. The van der Waals surface area contributed by atoms with E-state index in [1.807, 2.05) is 18.2 Å². The third kappa shape index (κ3) is 3.28. The minimum atomic E-state index is -0.899. The molecule has 1 spiro atoms. The van der Waals surface area contributed by atoms with Crippen molar-refractivity contribution < 1.29 is 24.5 Å². The number of aromatic hydroxyl groups is 1. The van der Waals surface area contributed by atoms with E-state index in [0.29, 0.717) is 46.9 Å². The molecule has 6 rings (SSSR count). The topological polar surface area (TPSA) is 99.2 Å². The number of aliphatic hydroxyl groups is 1. The average molecular weight is 504 g/mol. The van der Waals surface area contributed by atoms with Gasteiger partial charge in [-0.2, -0.15) is 0 Å². The summed E-state index contributed by atoms with van der Waals surface area (Å²) >= 11 is 6.80. The van der Waals surface area contributed by atoms with E-state index < -0.39 is 5.60 Å². The molecule has 0 amide bonds. The molecule has 0 radical (unpaired) electrons. The van der Waals surface area contributed by atoms with Crippen LogP contribution < -0.4 is 5.32 Å². The molecular formula is C29H26ClNO5. The molecule has 3 N–H and O–H groups in total. The van der Waals surface area contributed by atoms with Crippen LogP contribution in [0.25, 0.3) is 0 Å². The lowest BCUT2D eigenvalue weighted by molar-refractivity contribution is -0.118. The van der Waals surface area contributed by atoms with Crippen molar-refractivity contribution in [2.75, 3.05) is 6.54 Å². The highest BCUT2D eigenvalue weighted by molar-refractivity contribution is 6.33. The standard InChI is InChI=1S/C29H26ClNO5/c1-15-21(14-32)22(33)12-19-9-17-10-20-25(27(35)24(17)28-29(15,19)36-28)23(34)11-18(26(20)30)13-31-8-7-16-5-3-2-4-6-16/h2-6,11,14,17,19,31-32,34H,1,7-10,12-13H2/t17?,19-,29-/m0/s1. The third-order valence-corrected chi connectivity index (χ3v) is 8.55. The molecule has 36 heavy (non-hydrogen) atoms. The molecule has 4 aliphatic rings. The monoisotopic (exact) mass is 503 g/mol. The molecule has 0 aromatic heterocycles. The first kappa shape index (κ1) is 23.1. The molecular weight excluding hydrogens is 478 g/mol. The highest BCUT2D eigenvalue weighted by Crippen LogP contribution is 2.65. The van der Waals surface area contributed by atoms with Crippen molar-refractivity contribution in [3.8, 4) is 5.75 Å². The number of allylic oxidation sites excluding steroid dienone is 1. The lowest BCUT2D eigenvalue weighted by Gasteiger charge is -2.37. The number of ether oxygens (including phenoxy) is 1. The van der Waals surface area contributed by atoms with Gasteiger partial charge in [-0.15, -0.1) is 0 Å². The number of phenolic OH excluding ortho intramolecular Hbond substituents is 1. The second kappa shape index (κ2) is 8.36. The molecule has 2 aromatic carbocycles. The van der Waals surface area contributed by atoms with Gasteiger partial charge in [0, 0.05) is 35.1 Å². The molecule has 1 saturated heterocycles. The Balaban J connectivity index is 1.28. The van der Waals surface area contributed by atoms with Crippen LogP contribution in [0, 0.1) is 11.8 Å². The van der Waals surface area contributed by atoms with Crippen molar-refractivity contribution in [3.63, 3.8) is 0 Å². The van der Waals surface area contributed by atoms with Crippen LogP contribution in [-0.2, 0) is 28.9 Å². The zero-order valence-electron chi connectivity index (χ0n) is 19.6. The molecule has 0 bridgehead atoms. The Morgan fingerprint density at radius 2 is 2.00 bits per heavy atom. The smallest absolute Gasteiger partial charge is 0.196 e. The predicted molar refractivity (Wildman–Crippen MR) is 135 cm³/mol. The number of rotatable bonds is 5. The Labute approximate surface area is 213 Å². The summed E-state index contributed by atoms with van der Waals surface area (Å²) in [6.07, 6.45) is 2.94. The summed E-state index contributed by atoms with van der Waals surface area (Å²) in [5.74, 6) is -0.310. The van der Waals surface area contributed by atoms with Gasteiger partial charge >= 0.3 is 0 Å². The fourth-order valence-electron chi connectivity index (χ4n) is 6.28. The molecule has 7 heteroatoms. The van der Waals surface area contributed by atoms with E-state index in [1.54, 1.807) is 6.07 Å². The largest absolute Gasteiger partial charge is 0.515 e. The van der Waals surface area contributed by atoms with Crippen molar-refractivity contribution >= 4 is 23.2 Å². The summed E-state index contributed by atoms with van der Waals surface area (Å²) < 4.78 is 6.04. The van der Waals surface area contributed by atoms with Crippen LogP contribution in [0.3, 0.4) is 0 Å². The average Bonchev–Trinajstić information content (AvgIpc) is 3.61. The molecule has 2 fully saturated rings. The third-order valence-electron chi connectivity index (χ3n) is 8.08. The number of halogens is 1. The van der Waals surface area contributed by atoms with Gasteiger partial charge in [0.1, 0.15) is 5.75 Å². The number of nitrogens with one attached hydrogen (secondary N) is 1. The van der Waals surface area contributed by atoms with Crippen molar-refractivity contribution in [1.29, 1.82) is 0 Å². The van der Waals surface area contributed by atoms with E-state index >= 15 is 0 Å². The highest BCUT2D eigenvalue weighted by atomic mass is 35.5. The molecule has 184 valence electrons. The maximum Gasteiger partial charge on any atom is 0.196 e. The molecule has 1 heterocycles. The number of hydrogen-bond donors (Lipinski definition) is 3. The van der Waals surface area contributed by atoms with E-state index in [0.717, 1.165) is 24.8 Å². The zero-order valence-corrected chi connectivity index (χ0v) is 20.4. The van der Waals surface area contributed by atoms with E-state index in [-0.39, 0.29) is 46.7 Å². The minimum absolute atomic E-state index is 0.0868. The number of fused-ring (bicyclic) bond motifs is 2. The van der Waals surface area contributed by atoms with Gasteiger partial charge in [0.25, 0.3) is 0 Å². The fraction of sp³-hybridized carbons (Fsp3) is 0.310. The molecule has 1 saturated carbocycles. The van der Waals surface area contributed by atoms with E-state index in [1.165, 1.54) is 5.56 Å². The Bertz CT molecular complexity index is 1390. The predicted octanol–water partition coefficient (Wildman–Crippen LogP) is 4.75. The Hall–Kier alpha value is -3.35. The number of phenols is 1. The minimum Gasteiger partial charge on any atom is -0.515 e. The molecule has 1 unspecified atom stereocenters. The number of aliphatic hydroxyl groups excluding tert-OH is 1. The van der Waals surface area contributed by atoms with Gasteiger partial charge in [0.05, 0.1) is 17.4 Å². The first-order valence-corrected chi connectivity index (χ1v) is 12.6. The Morgan fingerprint density at radius 1 is 1.22 bits per heavy atom. The number of carbonyl (C=O) groups is 2. The number of hydrogen-bond acceptors (Lipinski definition) is 6. The normalized spacial score (nSPS) is 27.2. The van der Waals surface area contributed by atoms with Gasteiger partial charge in [-0.05, 0) is 54.5 Å². The van der Waals surface area contributed by atoms with Crippen molar-refractivity contribution in [2.45, 2.75) is 37.8 Å². The summed E-state index contributed by atoms with van der Waals surface area (Å²) in [5, 5.41) is 24.3. The second-order valence-corrected chi connectivity index (χ2v) is 10.4. The van der Waals surface area contributed by atoms with Crippen LogP contribution in [0.4, 0.5) is 0 Å². The highest BCUT2D eigenvalue weighted by Gasteiger charge is 2.69. The maximum absolute atomic E-state index is 13.7. The Kier molecular flexibility index (Phi) is 5.36. The molecule has 1 aliphatic heterocycles. The molecule has 3 atom stereocenters. The fourth-order valence-corrected chi connectivity index (χ4v) is 6.58. The van der Waals surface area contributed by atoms with Crippen LogP contribution in [-0.4, -0.2) is 33.9 Å². The second-order valence-electron chi connectivity index (χ2n) is 10.0. The molecule has 3 aliphatic carbocycles. The zero-order chi connectivity index (χ0) is 25.2. The number of epoxide rings is 1. The van der Waals surface area contributed by atoms with Gasteiger partial charge in [-0.3, -0.25) is 9.59 Å². The first-order valence-electron chi connectivity index (χ1n) is 12.2. The van der Waals surface area contributed by atoms with E-state index in [4.69, 9.17) is 16.3 Å². The quantitative estimate of drug-likeness (QED) is 0.236.